The molecule has 0 radical (unpaired) electrons. The Bertz CT molecular complexity index is 301. The van der Waals surface area contributed by atoms with Crippen molar-refractivity contribution >= 4 is 0 Å². The predicted octanol–water partition coefficient (Wildman–Crippen LogP) is 6.57. The molecular formula is C19H32. The molecule has 0 heteroatoms. The van der Waals surface area contributed by atoms with Crippen LogP contribution in [0, 0.1) is 5.92 Å². The van der Waals surface area contributed by atoms with Crippen LogP contribution in [0.25, 0.3) is 0 Å². The second-order valence-corrected chi connectivity index (χ2v) is 5.82. The molecular weight excluding hydrogens is 228 g/mol. The highest BCUT2D eigenvalue weighted by Crippen LogP contribution is 2.35. The first-order valence-electron chi connectivity index (χ1n) is 8.38. The van der Waals surface area contributed by atoms with Crippen LogP contribution >= 0.6 is 0 Å². The lowest BCUT2D eigenvalue weighted by atomic mass is 9.78. The van der Waals surface area contributed by atoms with Crippen LogP contribution in [-0.2, 0) is 0 Å². The number of benzene rings is 1. The first-order chi connectivity index (χ1) is 9.33. The van der Waals surface area contributed by atoms with Crippen molar-refractivity contribution in [2.75, 3.05) is 0 Å². The Hall–Kier alpha value is -0.780. The average molecular weight is 260 g/mol. The number of rotatable bonds is 10. The third-order valence-corrected chi connectivity index (χ3v) is 4.35. The van der Waals surface area contributed by atoms with Gasteiger partial charge in [0.2, 0.25) is 0 Å². The van der Waals surface area contributed by atoms with Crippen molar-refractivity contribution in [3.8, 4) is 0 Å². The molecule has 19 heavy (non-hydrogen) atoms. The molecule has 0 amide bonds. The molecule has 0 heterocycles. The van der Waals surface area contributed by atoms with E-state index in [2.05, 4.69) is 51.1 Å². The average Bonchev–Trinajstić information content (AvgIpc) is 2.46. The fourth-order valence-electron chi connectivity index (χ4n) is 3.23. The summed E-state index contributed by atoms with van der Waals surface area (Å²) in [6, 6.07) is 11.2. The fourth-order valence-corrected chi connectivity index (χ4v) is 3.23. The van der Waals surface area contributed by atoms with Crippen LogP contribution < -0.4 is 0 Å². The summed E-state index contributed by atoms with van der Waals surface area (Å²) in [6.45, 7) is 6.98. The van der Waals surface area contributed by atoms with Gasteiger partial charge < -0.3 is 0 Å². The van der Waals surface area contributed by atoms with Crippen molar-refractivity contribution in [3.63, 3.8) is 0 Å². The Morgan fingerprint density at radius 3 is 2.11 bits per heavy atom. The highest BCUT2D eigenvalue weighted by atomic mass is 14.2. The van der Waals surface area contributed by atoms with Gasteiger partial charge in [-0.2, -0.15) is 0 Å². The summed E-state index contributed by atoms with van der Waals surface area (Å²) in [6.07, 6.45) is 10.9. The van der Waals surface area contributed by atoms with Crippen molar-refractivity contribution in [2.24, 2.45) is 5.92 Å². The van der Waals surface area contributed by atoms with E-state index < -0.39 is 0 Å². The molecule has 0 N–H and O–H groups in total. The first kappa shape index (κ1) is 16.3. The third kappa shape index (κ3) is 5.80. The molecule has 1 aromatic rings. The molecule has 0 nitrogen and oxygen atoms in total. The highest BCUT2D eigenvalue weighted by molar-refractivity contribution is 5.20. The maximum Gasteiger partial charge on any atom is -0.0134 e. The van der Waals surface area contributed by atoms with E-state index in [1.54, 1.807) is 5.56 Å². The summed E-state index contributed by atoms with van der Waals surface area (Å²) in [5.74, 6) is 1.65. The van der Waals surface area contributed by atoms with Gasteiger partial charge in [-0.05, 0) is 23.8 Å². The minimum absolute atomic E-state index is 0.781. The molecule has 0 aliphatic heterocycles. The zero-order valence-electron chi connectivity index (χ0n) is 13.2. The maximum absolute atomic E-state index is 2.36. The van der Waals surface area contributed by atoms with Crippen molar-refractivity contribution in [3.05, 3.63) is 35.9 Å². The minimum Gasteiger partial charge on any atom is -0.0654 e. The van der Waals surface area contributed by atoms with Crippen LogP contribution in [0.2, 0.25) is 0 Å². The Morgan fingerprint density at radius 1 is 0.789 bits per heavy atom. The summed E-state index contributed by atoms with van der Waals surface area (Å²) in [5, 5.41) is 0. The third-order valence-electron chi connectivity index (χ3n) is 4.35. The molecule has 108 valence electrons. The maximum atomic E-state index is 2.36. The monoisotopic (exact) mass is 260 g/mol. The van der Waals surface area contributed by atoms with E-state index in [1.165, 1.54) is 51.4 Å². The molecule has 0 aliphatic rings. The van der Waals surface area contributed by atoms with E-state index >= 15 is 0 Å². The molecule has 0 aromatic heterocycles. The van der Waals surface area contributed by atoms with Gasteiger partial charge in [-0.15, -0.1) is 0 Å². The van der Waals surface area contributed by atoms with E-state index in [0.717, 1.165) is 11.8 Å². The number of hydrogen-bond donors (Lipinski definition) is 0. The molecule has 1 aromatic carbocycles. The predicted molar refractivity (Wildman–Crippen MR) is 86.6 cm³/mol. The van der Waals surface area contributed by atoms with Crippen LogP contribution in [0.4, 0.5) is 0 Å². The summed E-state index contributed by atoms with van der Waals surface area (Å²) in [5.41, 5.74) is 1.57. The molecule has 2 atom stereocenters. The molecule has 0 saturated heterocycles. The normalized spacial score (nSPS) is 14.3. The highest BCUT2D eigenvalue weighted by Gasteiger charge is 2.20. The molecule has 0 fully saturated rings. The quantitative estimate of drug-likeness (QED) is 0.417. The SMILES string of the molecule is CCCCCCC(c1ccccc1)C(CC)CCC. The smallest absolute Gasteiger partial charge is 0.0134 e. The van der Waals surface area contributed by atoms with E-state index in [4.69, 9.17) is 0 Å². The van der Waals surface area contributed by atoms with Gasteiger partial charge in [0.1, 0.15) is 0 Å². The van der Waals surface area contributed by atoms with Gasteiger partial charge in [0, 0.05) is 0 Å². The fraction of sp³-hybridized carbons (Fsp3) is 0.684. The van der Waals surface area contributed by atoms with Crippen LogP contribution in [0.1, 0.15) is 83.6 Å². The van der Waals surface area contributed by atoms with Gasteiger partial charge in [-0.3, -0.25) is 0 Å². The summed E-state index contributed by atoms with van der Waals surface area (Å²) in [7, 11) is 0. The molecule has 0 spiro atoms. The van der Waals surface area contributed by atoms with Gasteiger partial charge in [0.25, 0.3) is 0 Å². The Morgan fingerprint density at radius 2 is 1.53 bits per heavy atom. The summed E-state index contributed by atoms with van der Waals surface area (Å²) in [4.78, 5) is 0. The van der Waals surface area contributed by atoms with E-state index in [0.29, 0.717) is 0 Å². The molecule has 2 unspecified atom stereocenters. The van der Waals surface area contributed by atoms with Crippen molar-refractivity contribution in [1.82, 2.24) is 0 Å². The molecule has 0 bridgehead atoms. The van der Waals surface area contributed by atoms with Gasteiger partial charge in [-0.25, -0.2) is 0 Å². The zero-order valence-corrected chi connectivity index (χ0v) is 13.2. The van der Waals surface area contributed by atoms with Gasteiger partial charge in [0.15, 0.2) is 0 Å². The van der Waals surface area contributed by atoms with Gasteiger partial charge in [0.05, 0.1) is 0 Å². The van der Waals surface area contributed by atoms with Gasteiger partial charge >= 0.3 is 0 Å². The molecule has 0 aliphatic carbocycles. The van der Waals surface area contributed by atoms with Crippen LogP contribution in [0.5, 0.6) is 0 Å². The van der Waals surface area contributed by atoms with Gasteiger partial charge in [-0.1, -0.05) is 96.0 Å². The largest absolute Gasteiger partial charge is 0.0654 e. The standard InChI is InChI=1S/C19H32/c1-4-7-8-12-16-19(17(6-3)13-5-2)18-14-10-9-11-15-18/h9-11,14-15,17,19H,4-8,12-13,16H2,1-3H3. The lowest BCUT2D eigenvalue weighted by Gasteiger charge is -2.26. The van der Waals surface area contributed by atoms with E-state index in [1.807, 2.05) is 0 Å². The van der Waals surface area contributed by atoms with E-state index in [9.17, 15) is 0 Å². The van der Waals surface area contributed by atoms with E-state index in [-0.39, 0.29) is 0 Å². The van der Waals surface area contributed by atoms with Crippen molar-refractivity contribution < 1.29 is 0 Å². The van der Waals surface area contributed by atoms with Crippen LogP contribution in [0.15, 0.2) is 30.3 Å². The lowest BCUT2D eigenvalue weighted by Crippen LogP contribution is -2.12. The van der Waals surface area contributed by atoms with Crippen molar-refractivity contribution in [1.29, 1.82) is 0 Å². The molecule has 0 saturated carbocycles. The minimum atomic E-state index is 0.781. The first-order valence-corrected chi connectivity index (χ1v) is 8.38. The topological polar surface area (TPSA) is 0 Å². The van der Waals surface area contributed by atoms with Crippen LogP contribution in [-0.4, -0.2) is 0 Å². The lowest BCUT2D eigenvalue weighted by molar-refractivity contribution is 0.353. The Balaban J connectivity index is 2.66. The summed E-state index contributed by atoms with van der Waals surface area (Å²) >= 11 is 0. The Kier molecular flexibility index (Phi) is 8.62. The zero-order chi connectivity index (χ0) is 13.9. The Labute approximate surface area is 120 Å². The number of hydrogen-bond acceptors (Lipinski definition) is 0. The second-order valence-electron chi connectivity index (χ2n) is 5.82. The van der Waals surface area contributed by atoms with Crippen LogP contribution in [0.3, 0.4) is 0 Å². The molecule has 1 rings (SSSR count). The van der Waals surface area contributed by atoms with Crippen molar-refractivity contribution in [2.45, 2.75) is 78.1 Å². The summed E-state index contributed by atoms with van der Waals surface area (Å²) < 4.78 is 0. The second kappa shape index (κ2) is 10.1. The number of unbranched alkanes of at least 4 members (excludes halogenated alkanes) is 3.